The molecule has 0 radical (unpaired) electrons. The number of methoxy groups -OCH3 is 3. The molecule has 2 aromatic heterocycles. The van der Waals surface area contributed by atoms with Crippen LogP contribution in [0.2, 0.25) is 5.02 Å². The van der Waals surface area contributed by atoms with Crippen molar-refractivity contribution in [2.45, 2.75) is 25.7 Å². The molecule has 2 aliphatic heterocycles. The Morgan fingerprint density at radius 3 is 1.82 bits per heavy atom. The average Bonchev–Trinajstić information content (AvgIpc) is 3.50. The van der Waals surface area contributed by atoms with Crippen molar-refractivity contribution >= 4 is 52.2 Å². The lowest BCUT2D eigenvalue weighted by Gasteiger charge is -2.21. The summed E-state index contributed by atoms with van der Waals surface area (Å²) >= 11 is 6.35. The molecule has 0 spiro atoms. The first-order valence-electron chi connectivity index (χ1n) is 18.4. The molecule has 300 valence electrons. The highest BCUT2D eigenvalue weighted by atomic mass is 35.5. The molecule has 2 amide bonds. The highest BCUT2D eigenvalue weighted by molar-refractivity contribution is 6.33. The molecule has 0 aliphatic carbocycles. The maximum Gasteiger partial charge on any atom is 0.237 e. The van der Waals surface area contributed by atoms with Crippen molar-refractivity contribution in [2.75, 3.05) is 105 Å². The molecule has 0 atom stereocenters. The average molecular weight is 789 g/mol. The molecule has 4 heterocycles. The summed E-state index contributed by atoms with van der Waals surface area (Å²) in [5.74, 6) is 2.87. The summed E-state index contributed by atoms with van der Waals surface area (Å²) in [5, 5.41) is 6.78. The molecular weight excluding hydrogens is 736 g/mol. The van der Waals surface area contributed by atoms with E-state index in [0.29, 0.717) is 52.9 Å². The molecule has 2 aliphatic rings. The standard InChI is InChI=1S/C25H30ClN7O3.C15H23N3O2/c1-32(2)22(34)15-33-10-7-16-12-20(21(35-3)13-17(16)8-11-33)30-25-28-14-18(26)23(31-25)29-19-6-5-9-27-24(19)36-4;1-17(2)15(19)10-18-6-4-11-8-13(16)14(20-3)9-12(11)5-7-18/h5-6,9,12-14H,7-8,10-11,15H2,1-4H3,(H2,28,29,30,31);8-9H,4-7,10,16H2,1-3H3. The van der Waals surface area contributed by atoms with E-state index in [2.05, 4.69) is 41.5 Å². The molecule has 16 heteroatoms. The van der Waals surface area contributed by atoms with Gasteiger partial charge in [-0.15, -0.1) is 0 Å². The Morgan fingerprint density at radius 1 is 0.750 bits per heavy atom. The first kappa shape index (κ1) is 41.8. The topological polar surface area (TPSA) is 164 Å². The minimum Gasteiger partial charge on any atom is -0.495 e. The van der Waals surface area contributed by atoms with Crippen LogP contribution in [0.1, 0.15) is 22.3 Å². The van der Waals surface area contributed by atoms with Gasteiger partial charge in [0.05, 0.1) is 52.0 Å². The van der Waals surface area contributed by atoms with Gasteiger partial charge in [-0.1, -0.05) is 11.6 Å². The van der Waals surface area contributed by atoms with Gasteiger partial charge in [0.2, 0.25) is 23.6 Å². The van der Waals surface area contributed by atoms with Gasteiger partial charge in [0.25, 0.3) is 0 Å². The number of rotatable bonds is 11. The molecule has 15 nitrogen and oxygen atoms in total. The molecule has 0 fully saturated rings. The SMILES string of the molecule is COc1cc2c(cc1N)CCN(CC(=O)N(C)C)CC2.COc1cc2c(cc1Nc1ncc(Cl)c(Nc3cccnc3OC)n1)CCN(CC(=O)N(C)C)CC2. The van der Waals surface area contributed by atoms with Gasteiger partial charge in [-0.3, -0.25) is 19.4 Å². The molecule has 0 saturated heterocycles. The molecular formula is C40H53ClN10O5. The molecule has 0 saturated carbocycles. The van der Waals surface area contributed by atoms with Gasteiger partial charge in [-0.05, 0) is 84.3 Å². The fourth-order valence-electron chi connectivity index (χ4n) is 6.46. The summed E-state index contributed by atoms with van der Waals surface area (Å²) < 4.78 is 16.2. The van der Waals surface area contributed by atoms with Crippen LogP contribution in [0.3, 0.4) is 0 Å². The number of nitrogen functional groups attached to an aromatic ring is 1. The van der Waals surface area contributed by atoms with Crippen LogP contribution < -0.4 is 30.6 Å². The van der Waals surface area contributed by atoms with E-state index >= 15 is 0 Å². The van der Waals surface area contributed by atoms with Gasteiger partial charge in [-0.25, -0.2) is 9.97 Å². The molecule has 0 unspecified atom stereocenters. The zero-order chi connectivity index (χ0) is 40.4. The lowest BCUT2D eigenvalue weighted by molar-refractivity contribution is -0.130. The number of nitrogens with two attached hydrogens (primary N) is 1. The number of carbonyl (C=O) groups is 2. The number of hydrogen-bond acceptors (Lipinski definition) is 13. The van der Waals surface area contributed by atoms with Crippen LogP contribution in [0.25, 0.3) is 0 Å². The van der Waals surface area contributed by atoms with E-state index in [4.69, 9.17) is 31.5 Å². The van der Waals surface area contributed by atoms with Crippen LogP contribution >= 0.6 is 11.6 Å². The number of nitrogens with one attached hydrogen (secondary N) is 2. The number of benzene rings is 2. The number of hydrogen-bond donors (Lipinski definition) is 3. The van der Waals surface area contributed by atoms with Crippen LogP contribution in [-0.4, -0.2) is 135 Å². The van der Waals surface area contributed by atoms with Gasteiger partial charge in [0.15, 0.2) is 5.82 Å². The summed E-state index contributed by atoms with van der Waals surface area (Å²) in [6.45, 7) is 4.29. The number of amides is 2. The molecule has 6 rings (SSSR count). The maximum absolute atomic E-state index is 12.2. The highest BCUT2D eigenvalue weighted by Gasteiger charge is 2.21. The Hall–Kier alpha value is -5.38. The van der Waals surface area contributed by atoms with Crippen molar-refractivity contribution < 1.29 is 23.8 Å². The highest BCUT2D eigenvalue weighted by Crippen LogP contribution is 2.34. The molecule has 4 aromatic rings. The number of fused-ring (bicyclic) bond motifs is 2. The number of ether oxygens (including phenoxy) is 3. The monoisotopic (exact) mass is 788 g/mol. The zero-order valence-corrected chi connectivity index (χ0v) is 34.1. The summed E-state index contributed by atoms with van der Waals surface area (Å²) in [4.78, 5) is 44.7. The van der Waals surface area contributed by atoms with Gasteiger partial charge in [-0.2, -0.15) is 4.98 Å². The fourth-order valence-corrected chi connectivity index (χ4v) is 6.60. The van der Waals surface area contributed by atoms with Crippen molar-refractivity contribution in [3.63, 3.8) is 0 Å². The summed E-state index contributed by atoms with van der Waals surface area (Å²) in [6, 6.07) is 11.8. The number of aromatic nitrogens is 3. The largest absolute Gasteiger partial charge is 0.495 e. The van der Waals surface area contributed by atoms with Gasteiger partial charge in [0.1, 0.15) is 22.2 Å². The van der Waals surface area contributed by atoms with Crippen molar-refractivity contribution in [2.24, 2.45) is 0 Å². The van der Waals surface area contributed by atoms with Crippen LogP contribution in [0.4, 0.5) is 28.8 Å². The van der Waals surface area contributed by atoms with Gasteiger partial charge >= 0.3 is 0 Å². The minimum atomic E-state index is 0.106. The van der Waals surface area contributed by atoms with Crippen LogP contribution in [0.15, 0.2) is 48.8 Å². The summed E-state index contributed by atoms with van der Waals surface area (Å²) in [6.07, 6.45) is 6.67. The van der Waals surface area contributed by atoms with Crippen molar-refractivity contribution in [3.05, 3.63) is 76.1 Å². The minimum absolute atomic E-state index is 0.106. The van der Waals surface area contributed by atoms with Crippen molar-refractivity contribution in [1.29, 1.82) is 0 Å². The smallest absolute Gasteiger partial charge is 0.237 e. The van der Waals surface area contributed by atoms with E-state index in [9.17, 15) is 9.59 Å². The van der Waals surface area contributed by atoms with Crippen LogP contribution in [0.5, 0.6) is 17.4 Å². The van der Waals surface area contributed by atoms with E-state index in [1.165, 1.54) is 28.5 Å². The lowest BCUT2D eigenvalue weighted by atomic mass is 10.0. The number of halogens is 1. The quantitative estimate of drug-likeness (QED) is 0.185. The number of nitrogens with zero attached hydrogens (tertiary/aromatic N) is 7. The molecule has 4 N–H and O–H groups in total. The Kier molecular flexibility index (Phi) is 14.5. The predicted molar refractivity (Wildman–Crippen MR) is 220 cm³/mol. The normalized spacial score (nSPS) is 14.1. The number of pyridine rings is 1. The van der Waals surface area contributed by atoms with Gasteiger partial charge in [0, 0.05) is 60.6 Å². The van der Waals surface area contributed by atoms with E-state index in [-0.39, 0.29) is 11.8 Å². The molecule has 56 heavy (non-hydrogen) atoms. The fraction of sp³-hybridized carbons (Fsp3) is 0.425. The zero-order valence-electron chi connectivity index (χ0n) is 33.3. The first-order valence-corrected chi connectivity index (χ1v) is 18.8. The van der Waals surface area contributed by atoms with E-state index in [1.54, 1.807) is 71.6 Å². The molecule has 0 bridgehead atoms. The number of anilines is 5. The Morgan fingerprint density at radius 2 is 1.29 bits per heavy atom. The Balaban J connectivity index is 0.000000253. The third-order valence-corrected chi connectivity index (χ3v) is 10.1. The second-order valence-electron chi connectivity index (χ2n) is 14.0. The van der Waals surface area contributed by atoms with E-state index in [1.807, 2.05) is 24.3 Å². The van der Waals surface area contributed by atoms with Crippen LogP contribution in [-0.2, 0) is 35.3 Å². The second kappa shape index (κ2) is 19.5. The van der Waals surface area contributed by atoms with Gasteiger partial charge < -0.3 is 40.4 Å². The number of carbonyl (C=O) groups excluding carboxylic acids is 2. The van der Waals surface area contributed by atoms with E-state index < -0.39 is 0 Å². The van der Waals surface area contributed by atoms with Crippen molar-refractivity contribution in [1.82, 2.24) is 34.6 Å². The van der Waals surface area contributed by atoms with Crippen molar-refractivity contribution in [3.8, 4) is 17.4 Å². The third kappa shape index (κ3) is 10.9. The van der Waals surface area contributed by atoms with Crippen LogP contribution in [0, 0.1) is 0 Å². The first-order chi connectivity index (χ1) is 26.9. The Bertz CT molecular complexity index is 2000. The second-order valence-corrected chi connectivity index (χ2v) is 14.4. The summed E-state index contributed by atoms with van der Waals surface area (Å²) in [7, 11) is 12.0. The lowest BCUT2D eigenvalue weighted by Crippen LogP contribution is -2.37. The maximum atomic E-state index is 12.2. The Labute approximate surface area is 334 Å². The third-order valence-electron chi connectivity index (χ3n) is 9.79. The molecule has 2 aromatic carbocycles. The van der Waals surface area contributed by atoms with E-state index in [0.717, 1.165) is 63.3 Å². The summed E-state index contributed by atoms with van der Waals surface area (Å²) in [5.41, 5.74) is 13.0. The number of likely N-dealkylation sites (N-methyl/N-ethyl adjacent to an activating group) is 2. The predicted octanol–water partition coefficient (Wildman–Crippen LogP) is 4.28.